The smallest absolute Gasteiger partial charge is 0.354 e. The van der Waals surface area contributed by atoms with Crippen molar-refractivity contribution in [3.05, 3.63) is 47.5 Å². The standard InChI is InChI=1S/C30H38FN5O2/c1-20-9-14-34(15-10-20)16-11-21-12-17-35(18-13-21)26-19-25(30(37)38)32-29-27(26)28(22-3-2-4-22)33-36(29)24-7-5-23(31)6-8-24/h5-8,19-22H,2-4,9-18H2,1H3,(H,37,38). The second-order valence-electron chi connectivity index (χ2n) is 11.7. The van der Waals surface area contributed by atoms with Crippen LogP contribution < -0.4 is 4.90 Å². The van der Waals surface area contributed by atoms with Gasteiger partial charge in [0.1, 0.15) is 5.82 Å². The molecule has 3 fully saturated rings. The summed E-state index contributed by atoms with van der Waals surface area (Å²) in [5.74, 6) is 0.549. The molecule has 3 aliphatic rings. The number of benzene rings is 1. The van der Waals surface area contributed by atoms with E-state index in [9.17, 15) is 14.3 Å². The molecule has 1 aliphatic carbocycles. The number of fused-ring (bicyclic) bond motifs is 1. The number of nitrogens with zero attached hydrogens (tertiary/aromatic N) is 5. The number of hydrogen-bond donors (Lipinski definition) is 1. The Morgan fingerprint density at radius 2 is 1.74 bits per heavy atom. The number of hydrogen-bond acceptors (Lipinski definition) is 5. The monoisotopic (exact) mass is 519 g/mol. The van der Waals surface area contributed by atoms with Gasteiger partial charge in [-0.2, -0.15) is 5.10 Å². The Kier molecular flexibility index (Phi) is 7.08. The van der Waals surface area contributed by atoms with E-state index >= 15 is 0 Å². The molecular weight excluding hydrogens is 481 g/mol. The molecule has 2 aromatic heterocycles. The number of pyridine rings is 1. The number of aromatic carboxylic acids is 1. The van der Waals surface area contributed by atoms with Gasteiger partial charge in [0.25, 0.3) is 0 Å². The minimum Gasteiger partial charge on any atom is -0.477 e. The summed E-state index contributed by atoms with van der Waals surface area (Å²) >= 11 is 0. The van der Waals surface area contributed by atoms with Crippen molar-refractivity contribution in [1.82, 2.24) is 19.7 Å². The van der Waals surface area contributed by atoms with Crippen LogP contribution in [0.5, 0.6) is 0 Å². The van der Waals surface area contributed by atoms with Crippen molar-refractivity contribution in [2.24, 2.45) is 11.8 Å². The van der Waals surface area contributed by atoms with Crippen LogP contribution in [0.2, 0.25) is 0 Å². The molecule has 4 heterocycles. The largest absolute Gasteiger partial charge is 0.477 e. The summed E-state index contributed by atoms with van der Waals surface area (Å²) in [4.78, 5) is 21.7. The fourth-order valence-corrected chi connectivity index (χ4v) is 6.32. The van der Waals surface area contributed by atoms with Gasteiger partial charge in [-0.25, -0.2) is 18.9 Å². The van der Waals surface area contributed by atoms with Crippen LogP contribution in [-0.4, -0.2) is 63.5 Å². The molecule has 1 N–H and O–H groups in total. The lowest BCUT2D eigenvalue weighted by Gasteiger charge is -2.36. The number of halogens is 1. The fraction of sp³-hybridized carbons (Fsp3) is 0.567. The Labute approximate surface area is 223 Å². The lowest BCUT2D eigenvalue weighted by atomic mass is 9.81. The van der Waals surface area contributed by atoms with Crippen LogP contribution in [-0.2, 0) is 0 Å². The third-order valence-electron chi connectivity index (χ3n) is 9.11. The number of likely N-dealkylation sites (tertiary alicyclic amines) is 1. The molecule has 7 nitrogen and oxygen atoms in total. The van der Waals surface area contributed by atoms with E-state index in [2.05, 4.69) is 21.7 Å². The predicted molar refractivity (Wildman–Crippen MR) is 147 cm³/mol. The highest BCUT2D eigenvalue weighted by molar-refractivity contribution is 5.98. The highest BCUT2D eigenvalue weighted by Crippen LogP contribution is 2.43. The molecule has 0 atom stereocenters. The van der Waals surface area contributed by atoms with Crippen molar-refractivity contribution in [3.63, 3.8) is 0 Å². The Balaban J connectivity index is 1.29. The molecule has 2 saturated heterocycles. The van der Waals surface area contributed by atoms with E-state index in [1.165, 1.54) is 57.5 Å². The molecule has 2 aliphatic heterocycles. The zero-order valence-corrected chi connectivity index (χ0v) is 22.3. The minimum atomic E-state index is -1.05. The lowest BCUT2D eigenvalue weighted by molar-refractivity contribution is 0.0691. The Hall–Kier alpha value is -3.00. The molecule has 1 saturated carbocycles. The molecule has 0 unspecified atom stereocenters. The first-order valence-corrected chi connectivity index (χ1v) is 14.4. The summed E-state index contributed by atoms with van der Waals surface area (Å²) in [6.45, 7) is 7.83. The van der Waals surface area contributed by atoms with Crippen molar-refractivity contribution in [2.45, 2.75) is 64.2 Å². The summed E-state index contributed by atoms with van der Waals surface area (Å²) in [6.07, 6.45) is 9.42. The third-order valence-corrected chi connectivity index (χ3v) is 9.11. The quantitative estimate of drug-likeness (QED) is 0.421. The molecule has 202 valence electrons. The van der Waals surface area contributed by atoms with E-state index < -0.39 is 5.97 Å². The van der Waals surface area contributed by atoms with Crippen molar-refractivity contribution in [1.29, 1.82) is 0 Å². The molecule has 0 spiro atoms. The Morgan fingerprint density at radius 1 is 1.03 bits per heavy atom. The molecule has 1 aromatic carbocycles. The van der Waals surface area contributed by atoms with Crippen LogP contribution in [0.1, 0.15) is 80.4 Å². The summed E-state index contributed by atoms with van der Waals surface area (Å²) in [7, 11) is 0. The summed E-state index contributed by atoms with van der Waals surface area (Å²) in [5.41, 5.74) is 3.20. The number of anilines is 1. The average molecular weight is 520 g/mol. The van der Waals surface area contributed by atoms with Crippen molar-refractivity contribution < 1.29 is 14.3 Å². The van der Waals surface area contributed by atoms with Gasteiger partial charge < -0.3 is 14.9 Å². The molecule has 6 rings (SSSR count). The van der Waals surface area contributed by atoms with Crippen molar-refractivity contribution in [2.75, 3.05) is 37.6 Å². The van der Waals surface area contributed by atoms with Crippen LogP contribution >= 0.6 is 0 Å². The van der Waals surface area contributed by atoms with Gasteiger partial charge in [0.15, 0.2) is 11.3 Å². The zero-order valence-electron chi connectivity index (χ0n) is 22.3. The molecule has 0 radical (unpaired) electrons. The van der Waals surface area contributed by atoms with Crippen molar-refractivity contribution in [3.8, 4) is 5.69 Å². The fourth-order valence-electron chi connectivity index (χ4n) is 6.32. The van der Waals surface area contributed by atoms with E-state index in [-0.39, 0.29) is 11.5 Å². The molecule has 38 heavy (non-hydrogen) atoms. The highest BCUT2D eigenvalue weighted by Gasteiger charge is 2.31. The van der Waals surface area contributed by atoms with Gasteiger partial charge >= 0.3 is 5.97 Å². The maximum Gasteiger partial charge on any atom is 0.354 e. The number of carboxylic acids is 1. The van der Waals surface area contributed by atoms with Gasteiger partial charge in [0, 0.05) is 19.0 Å². The first-order valence-electron chi connectivity index (χ1n) is 14.4. The molecular formula is C30H38FN5O2. The van der Waals surface area contributed by atoms with Gasteiger partial charge in [-0.15, -0.1) is 0 Å². The third kappa shape index (κ3) is 5.03. The first kappa shape index (κ1) is 25.3. The van der Waals surface area contributed by atoms with Crippen LogP contribution in [0.15, 0.2) is 30.3 Å². The van der Waals surface area contributed by atoms with Gasteiger partial charge in [-0.05, 0) is 107 Å². The van der Waals surface area contributed by atoms with Gasteiger partial charge in [-0.1, -0.05) is 13.3 Å². The Bertz CT molecular complexity index is 1290. The van der Waals surface area contributed by atoms with E-state index in [1.807, 2.05) is 0 Å². The summed E-state index contributed by atoms with van der Waals surface area (Å²) < 4.78 is 15.4. The number of carbonyl (C=O) groups is 1. The predicted octanol–water partition coefficient (Wildman–Crippen LogP) is 5.86. The molecule has 0 amide bonds. The number of carboxylic acid groups (broad SMARTS) is 1. The first-order chi connectivity index (χ1) is 18.5. The van der Waals surface area contributed by atoms with Gasteiger partial charge in [0.05, 0.1) is 22.5 Å². The number of aromatic nitrogens is 3. The maximum atomic E-state index is 13.7. The van der Waals surface area contributed by atoms with Crippen LogP contribution in [0.25, 0.3) is 16.7 Å². The minimum absolute atomic E-state index is 0.0253. The van der Waals surface area contributed by atoms with E-state index in [0.717, 1.165) is 61.5 Å². The topological polar surface area (TPSA) is 74.5 Å². The summed E-state index contributed by atoms with van der Waals surface area (Å²) in [5, 5.41) is 15.9. The van der Waals surface area contributed by atoms with E-state index in [4.69, 9.17) is 5.10 Å². The van der Waals surface area contributed by atoms with Crippen LogP contribution in [0.3, 0.4) is 0 Å². The van der Waals surface area contributed by atoms with E-state index in [1.54, 1.807) is 22.9 Å². The number of rotatable bonds is 7. The highest BCUT2D eigenvalue weighted by atomic mass is 19.1. The van der Waals surface area contributed by atoms with Gasteiger partial charge in [-0.3, -0.25) is 0 Å². The number of piperidine rings is 2. The molecule has 8 heteroatoms. The Morgan fingerprint density at radius 3 is 2.37 bits per heavy atom. The van der Waals surface area contributed by atoms with Crippen LogP contribution in [0.4, 0.5) is 10.1 Å². The lowest BCUT2D eigenvalue weighted by Crippen LogP contribution is -2.37. The van der Waals surface area contributed by atoms with Crippen molar-refractivity contribution >= 4 is 22.7 Å². The van der Waals surface area contributed by atoms with Gasteiger partial charge in [0.2, 0.25) is 0 Å². The normalized spacial score (nSPS) is 20.2. The van der Waals surface area contributed by atoms with E-state index in [0.29, 0.717) is 23.2 Å². The average Bonchev–Trinajstić information content (AvgIpc) is 3.26. The SMILES string of the molecule is CC1CCN(CCC2CCN(c3cc(C(=O)O)nc4c3c(C3CCC3)nn4-c3ccc(F)cc3)CC2)CC1. The molecule has 0 bridgehead atoms. The summed E-state index contributed by atoms with van der Waals surface area (Å²) in [6, 6.07) is 7.91. The maximum absolute atomic E-state index is 13.7. The zero-order chi connectivity index (χ0) is 26.2. The molecule has 3 aromatic rings. The van der Waals surface area contributed by atoms with Crippen LogP contribution in [0, 0.1) is 17.7 Å². The second-order valence-corrected chi connectivity index (χ2v) is 11.7. The second kappa shape index (κ2) is 10.6.